The van der Waals surface area contributed by atoms with Crippen LogP contribution in [0.15, 0.2) is 54.6 Å². The van der Waals surface area contributed by atoms with Crippen LogP contribution in [0.5, 0.6) is 0 Å². The summed E-state index contributed by atoms with van der Waals surface area (Å²) < 4.78 is 0. The molecule has 0 bridgehead atoms. The maximum absolute atomic E-state index is 13.1. The first-order chi connectivity index (χ1) is 16.4. The number of nitrogens with zero attached hydrogens (tertiary/aromatic N) is 3. The minimum Gasteiger partial charge on any atom is -0.378 e. The van der Waals surface area contributed by atoms with E-state index in [9.17, 15) is 9.59 Å². The average Bonchev–Trinajstić information content (AvgIpc) is 3.21. The Labute approximate surface area is 203 Å². The molecule has 2 aliphatic rings. The van der Waals surface area contributed by atoms with Crippen LogP contribution in [0.2, 0.25) is 0 Å². The van der Waals surface area contributed by atoms with E-state index in [0.29, 0.717) is 19.5 Å². The lowest BCUT2D eigenvalue weighted by Gasteiger charge is -2.33. The third-order valence-electron chi connectivity index (χ3n) is 7.23. The molecule has 2 aromatic rings. The second kappa shape index (κ2) is 11.0. The van der Waals surface area contributed by atoms with Crippen molar-refractivity contribution in [2.75, 3.05) is 39.1 Å². The Hall–Kier alpha value is -2.90. The number of carbonyl (C=O) groups is 2. The van der Waals surface area contributed by atoms with E-state index in [1.807, 2.05) is 44.4 Å². The van der Waals surface area contributed by atoms with Crippen LogP contribution in [0.3, 0.4) is 0 Å². The van der Waals surface area contributed by atoms with Gasteiger partial charge < -0.3 is 15.5 Å². The number of amides is 2. The Morgan fingerprint density at radius 3 is 2.53 bits per heavy atom. The predicted octanol–water partition coefficient (Wildman–Crippen LogP) is 2.22. The molecule has 34 heavy (non-hydrogen) atoms. The third kappa shape index (κ3) is 5.77. The highest BCUT2D eigenvalue weighted by atomic mass is 16.2. The zero-order valence-corrected chi connectivity index (χ0v) is 20.5. The highest BCUT2D eigenvalue weighted by Crippen LogP contribution is 2.29. The van der Waals surface area contributed by atoms with Gasteiger partial charge in [0.2, 0.25) is 11.8 Å². The fraction of sp³-hybridized carbons (Fsp3) is 0.481. The van der Waals surface area contributed by atoms with Crippen LogP contribution < -0.4 is 15.5 Å². The molecule has 2 heterocycles. The summed E-state index contributed by atoms with van der Waals surface area (Å²) in [5.74, 6) is 0.161. The summed E-state index contributed by atoms with van der Waals surface area (Å²) in [5.41, 5.74) is 3.49. The van der Waals surface area contributed by atoms with E-state index in [2.05, 4.69) is 56.6 Å². The molecule has 2 aliphatic heterocycles. The van der Waals surface area contributed by atoms with Gasteiger partial charge in [0, 0.05) is 64.5 Å². The van der Waals surface area contributed by atoms with Crippen molar-refractivity contribution in [2.45, 2.75) is 50.5 Å². The molecule has 0 saturated carbocycles. The highest BCUT2D eigenvalue weighted by Gasteiger charge is 2.44. The van der Waals surface area contributed by atoms with Crippen molar-refractivity contribution in [1.82, 2.24) is 20.4 Å². The lowest BCUT2D eigenvalue weighted by Crippen LogP contribution is -2.49. The van der Waals surface area contributed by atoms with Crippen molar-refractivity contribution in [3.63, 3.8) is 0 Å². The van der Waals surface area contributed by atoms with E-state index >= 15 is 0 Å². The van der Waals surface area contributed by atoms with Crippen LogP contribution in [0, 0.1) is 0 Å². The molecule has 7 nitrogen and oxygen atoms in total. The average molecular weight is 464 g/mol. The Morgan fingerprint density at radius 2 is 1.82 bits per heavy atom. The summed E-state index contributed by atoms with van der Waals surface area (Å²) in [7, 11) is 6.18. The number of benzene rings is 2. The summed E-state index contributed by atoms with van der Waals surface area (Å²) in [6.07, 6.45) is 2.14. The standard InChI is InChI=1S/C27H37N5O2/c1-30(2)22-11-9-21(10-12-22)19-32-16-15-24-26(32)27(34)29-18-23(31(24)3)13-14-25(33)28-17-20-7-5-4-6-8-20/h4-12,23-24,26H,13-19H2,1-3H3,(H,28,33)(H,29,34)/t23-,24-,26-/m0/s1. The molecule has 0 aliphatic carbocycles. The molecule has 3 atom stereocenters. The van der Waals surface area contributed by atoms with Crippen LogP contribution in [-0.4, -0.2) is 74.0 Å². The zero-order chi connectivity index (χ0) is 24.1. The number of carbonyl (C=O) groups excluding carboxylic acids is 2. The Balaban J connectivity index is 1.32. The predicted molar refractivity (Wildman–Crippen MR) is 135 cm³/mol. The van der Waals surface area contributed by atoms with Crippen LogP contribution in [-0.2, 0) is 22.7 Å². The smallest absolute Gasteiger partial charge is 0.239 e. The quantitative estimate of drug-likeness (QED) is 0.629. The molecular weight excluding hydrogens is 426 g/mol. The van der Waals surface area contributed by atoms with Gasteiger partial charge >= 0.3 is 0 Å². The Bertz CT molecular complexity index is 963. The summed E-state index contributed by atoms with van der Waals surface area (Å²) in [6.45, 7) is 2.79. The van der Waals surface area contributed by atoms with Crippen molar-refractivity contribution in [3.8, 4) is 0 Å². The van der Waals surface area contributed by atoms with Crippen LogP contribution >= 0.6 is 0 Å². The van der Waals surface area contributed by atoms with Gasteiger partial charge in [-0.1, -0.05) is 42.5 Å². The number of nitrogens with one attached hydrogen (secondary N) is 2. The molecule has 2 aromatic carbocycles. The van der Waals surface area contributed by atoms with Crippen molar-refractivity contribution in [1.29, 1.82) is 0 Å². The molecular formula is C27H37N5O2. The van der Waals surface area contributed by atoms with Crippen LogP contribution in [0.1, 0.15) is 30.4 Å². The summed E-state index contributed by atoms with van der Waals surface area (Å²) in [6, 6.07) is 18.7. The third-order valence-corrected chi connectivity index (χ3v) is 7.23. The molecule has 2 amide bonds. The lowest BCUT2D eigenvalue weighted by atomic mass is 10.0. The SMILES string of the molecule is CN(C)c1ccc(CN2CC[C@H]3[C@H]2C(=O)NC[C@H](CCC(=O)NCc2ccccc2)N3C)cc1. The largest absolute Gasteiger partial charge is 0.378 e. The fourth-order valence-corrected chi connectivity index (χ4v) is 5.14. The van der Waals surface area contributed by atoms with E-state index in [4.69, 9.17) is 0 Å². The number of rotatable bonds is 8. The molecule has 4 rings (SSSR count). The highest BCUT2D eigenvalue weighted by molar-refractivity contribution is 5.83. The molecule has 0 radical (unpaired) electrons. The minimum atomic E-state index is -0.157. The first-order valence-corrected chi connectivity index (χ1v) is 12.2. The zero-order valence-electron chi connectivity index (χ0n) is 20.5. The molecule has 2 saturated heterocycles. The van der Waals surface area contributed by atoms with E-state index in [-0.39, 0.29) is 29.9 Å². The first-order valence-electron chi connectivity index (χ1n) is 12.2. The molecule has 182 valence electrons. The molecule has 7 heteroatoms. The normalized spacial score (nSPS) is 23.1. The van der Waals surface area contributed by atoms with Gasteiger partial charge in [0.25, 0.3) is 0 Å². The molecule has 0 unspecified atom stereocenters. The second-order valence-corrected chi connectivity index (χ2v) is 9.70. The number of hydrogen-bond donors (Lipinski definition) is 2. The van der Waals surface area contributed by atoms with Gasteiger partial charge in [-0.2, -0.15) is 0 Å². The molecule has 0 aromatic heterocycles. The van der Waals surface area contributed by atoms with Crippen molar-refractivity contribution >= 4 is 17.5 Å². The Kier molecular flexibility index (Phi) is 7.85. The minimum absolute atomic E-state index is 0.0543. The summed E-state index contributed by atoms with van der Waals surface area (Å²) >= 11 is 0. The van der Waals surface area contributed by atoms with E-state index < -0.39 is 0 Å². The van der Waals surface area contributed by atoms with E-state index in [1.54, 1.807) is 0 Å². The van der Waals surface area contributed by atoms with E-state index in [1.165, 1.54) is 11.3 Å². The van der Waals surface area contributed by atoms with Gasteiger partial charge in [0.05, 0.1) is 0 Å². The van der Waals surface area contributed by atoms with Gasteiger partial charge in [-0.25, -0.2) is 0 Å². The van der Waals surface area contributed by atoms with Gasteiger partial charge in [-0.3, -0.25) is 19.4 Å². The number of hydrogen-bond acceptors (Lipinski definition) is 5. The fourth-order valence-electron chi connectivity index (χ4n) is 5.14. The van der Waals surface area contributed by atoms with Crippen molar-refractivity contribution in [3.05, 3.63) is 65.7 Å². The Morgan fingerprint density at radius 1 is 1.09 bits per heavy atom. The molecule has 0 spiro atoms. The monoisotopic (exact) mass is 463 g/mol. The summed E-state index contributed by atoms with van der Waals surface area (Å²) in [5, 5.41) is 6.17. The van der Waals surface area contributed by atoms with Crippen molar-refractivity contribution < 1.29 is 9.59 Å². The van der Waals surface area contributed by atoms with Gasteiger partial charge in [-0.05, 0) is 43.1 Å². The maximum Gasteiger partial charge on any atom is 0.239 e. The lowest BCUT2D eigenvalue weighted by molar-refractivity contribution is -0.126. The van der Waals surface area contributed by atoms with Crippen LogP contribution in [0.25, 0.3) is 0 Å². The summed E-state index contributed by atoms with van der Waals surface area (Å²) in [4.78, 5) is 32.2. The second-order valence-electron chi connectivity index (χ2n) is 9.70. The van der Waals surface area contributed by atoms with Crippen LogP contribution in [0.4, 0.5) is 5.69 Å². The van der Waals surface area contributed by atoms with Gasteiger partial charge in [0.15, 0.2) is 0 Å². The topological polar surface area (TPSA) is 67.9 Å². The van der Waals surface area contributed by atoms with E-state index in [0.717, 1.165) is 31.5 Å². The number of fused-ring (bicyclic) bond motifs is 1. The number of anilines is 1. The molecule has 2 fully saturated rings. The maximum atomic E-state index is 13.1. The number of likely N-dealkylation sites (tertiary alicyclic amines) is 1. The number of likely N-dealkylation sites (N-methyl/N-ethyl adjacent to an activating group) is 1. The van der Waals surface area contributed by atoms with Gasteiger partial charge in [0.1, 0.15) is 6.04 Å². The molecule has 2 N–H and O–H groups in total. The van der Waals surface area contributed by atoms with Crippen molar-refractivity contribution in [2.24, 2.45) is 0 Å². The van der Waals surface area contributed by atoms with Gasteiger partial charge in [-0.15, -0.1) is 0 Å². The first kappa shape index (κ1) is 24.2.